The number of carbonyl (C=O) groups excluding carboxylic acids is 2. The number of rotatable bonds is 7. The molecule has 0 radical (unpaired) electrons. The van der Waals surface area contributed by atoms with Crippen molar-refractivity contribution in [2.45, 2.75) is 0 Å². The molecule has 0 saturated carbocycles. The van der Waals surface area contributed by atoms with Crippen LogP contribution in [0.3, 0.4) is 0 Å². The van der Waals surface area contributed by atoms with Gasteiger partial charge in [0.2, 0.25) is 0 Å². The highest BCUT2D eigenvalue weighted by Gasteiger charge is 2.36. The number of nitrogens with zero attached hydrogens (tertiary/aromatic N) is 2. The Bertz CT molecular complexity index is 1920. The van der Waals surface area contributed by atoms with Gasteiger partial charge in [-0.25, -0.2) is 4.90 Å². The summed E-state index contributed by atoms with van der Waals surface area (Å²) >= 11 is 11.7. The summed E-state index contributed by atoms with van der Waals surface area (Å²) in [6, 6.07) is 34.3. The number of nitrogens with one attached hydrogen (secondary N) is 1. The number of carbonyl (C=O) groups is 2. The van der Waals surface area contributed by atoms with Crippen molar-refractivity contribution in [2.24, 2.45) is 0 Å². The highest BCUT2D eigenvalue weighted by atomic mass is 35.5. The highest BCUT2D eigenvalue weighted by molar-refractivity contribution is 7.80. The highest BCUT2D eigenvalue weighted by Crippen LogP contribution is 2.39. The zero-order chi connectivity index (χ0) is 30.8. The molecule has 2 amide bonds. The zero-order valence-corrected chi connectivity index (χ0v) is 25.4. The fourth-order valence-electron chi connectivity index (χ4n) is 5.21. The third kappa shape index (κ3) is 5.37. The largest absolute Gasteiger partial charge is 0.497 e. The van der Waals surface area contributed by atoms with Crippen molar-refractivity contribution in [3.8, 4) is 39.7 Å². The van der Waals surface area contributed by atoms with E-state index in [2.05, 4.69) is 9.88 Å². The van der Waals surface area contributed by atoms with Crippen molar-refractivity contribution in [3.63, 3.8) is 0 Å². The van der Waals surface area contributed by atoms with Gasteiger partial charge in [0.15, 0.2) is 5.11 Å². The summed E-state index contributed by atoms with van der Waals surface area (Å²) in [5, 5.41) is 3.24. The summed E-state index contributed by atoms with van der Waals surface area (Å²) in [4.78, 5) is 28.7. The lowest BCUT2D eigenvalue weighted by Crippen LogP contribution is -2.54. The molecule has 1 saturated heterocycles. The fraction of sp³-hybridized carbons (Fsp3) is 0.0571. The van der Waals surface area contributed by atoms with Gasteiger partial charge in [0, 0.05) is 22.3 Å². The Labute approximate surface area is 264 Å². The average molecular weight is 620 g/mol. The number of hydrogen-bond donors (Lipinski definition) is 1. The monoisotopic (exact) mass is 619 g/mol. The Kier molecular flexibility index (Phi) is 8.02. The molecule has 1 fully saturated rings. The fourth-order valence-corrected chi connectivity index (χ4v) is 5.61. The SMILES string of the molecule is COc1ccc(N2C(=O)/C(=C\c3cc(-c4ccccc4)n(-c4ccc(Cl)cc4)c3-c3ccccc3)C(=O)NC2=S)c(OC)c1. The molecule has 0 spiro atoms. The van der Waals surface area contributed by atoms with Gasteiger partial charge in [0.05, 0.1) is 31.3 Å². The Balaban J connectivity index is 1.58. The molecular weight excluding hydrogens is 594 g/mol. The number of benzene rings is 4. The maximum Gasteiger partial charge on any atom is 0.270 e. The molecule has 9 heteroatoms. The number of amides is 2. The van der Waals surface area contributed by atoms with Gasteiger partial charge in [-0.1, -0.05) is 72.3 Å². The van der Waals surface area contributed by atoms with Crippen LogP contribution in [0.4, 0.5) is 5.69 Å². The van der Waals surface area contributed by atoms with E-state index in [0.29, 0.717) is 27.8 Å². The van der Waals surface area contributed by atoms with Gasteiger partial charge in [-0.3, -0.25) is 14.9 Å². The van der Waals surface area contributed by atoms with Crippen LogP contribution < -0.4 is 19.7 Å². The van der Waals surface area contributed by atoms with Crippen LogP contribution >= 0.6 is 23.8 Å². The molecule has 1 aromatic heterocycles. The number of thiocarbonyl (C=S) groups is 1. The molecule has 6 rings (SSSR count). The van der Waals surface area contributed by atoms with Crippen LogP contribution in [-0.4, -0.2) is 35.7 Å². The van der Waals surface area contributed by atoms with Gasteiger partial charge in [-0.05, 0) is 71.9 Å². The van der Waals surface area contributed by atoms with Crippen LogP contribution in [0, 0.1) is 0 Å². The summed E-state index contributed by atoms with van der Waals surface area (Å²) in [6.07, 6.45) is 1.61. The lowest BCUT2D eigenvalue weighted by molar-refractivity contribution is -0.122. The zero-order valence-electron chi connectivity index (χ0n) is 23.8. The maximum absolute atomic E-state index is 14.1. The van der Waals surface area contributed by atoms with Crippen LogP contribution in [0.1, 0.15) is 5.56 Å². The standard InChI is InChI=1S/C35H26ClN3O4S/c1-42-27-17-18-29(31(21-27)43-2)39-34(41)28(33(40)37-35(39)44)19-24-20-30(22-9-5-3-6-10-22)38(26-15-13-25(36)14-16-26)32(24)23-11-7-4-8-12-23/h3-21H,1-2H3,(H,37,40,44)/b28-19-. The van der Waals surface area contributed by atoms with Gasteiger partial charge in [-0.15, -0.1) is 0 Å². The topological polar surface area (TPSA) is 72.8 Å². The maximum atomic E-state index is 14.1. The second kappa shape index (κ2) is 12.2. The minimum absolute atomic E-state index is 0.0485. The van der Waals surface area contributed by atoms with Gasteiger partial charge in [0.1, 0.15) is 17.1 Å². The molecule has 0 bridgehead atoms. The Morgan fingerprint density at radius 2 is 1.45 bits per heavy atom. The van der Waals surface area contributed by atoms with E-state index < -0.39 is 11.8 Å². The second-order valence-electron chi connectivity index (χ2n) is 9.87. The van der Waals surface area contributed by atoms with Crippen molar-refractivity contribution in [3.05, 3.63) is 125 Å². The van der Waals surface area contributed by atoms with Crippen LogP contribution in [0.2, 0.25) is 5.02 Å². The van der Waals surface area contributed by atoms with Crippen molar-refractivity contribution >= 4 is 52.5 Å². The minimum atomic E-state index is -0.594. The van der Waals surface area contributed by atoms with E-state index in [9.17, 15) is 9.59 Å². The molecular formula is C35H26ClN3O4S. The first kappa shape index (κ1) is 28.9. The van der Waals surface area contributed by atoms with Crippen molar-refractivity contribution in [1.82, 2.24) is 9.88 Å². The number of hydrogen-bond acceptors (Lipinski definition) is 5. The molecule has 0 unspecified atom stereocenters. The third-order valence-electron chi connectivity index (χ3n) is 7.26. The van der Waals surface area contributed by atoms with E-state index in [0.717, 1.165) is 28.2 Å². The minimum Gasteiger partial charge on any atom is -0.497 e. The third-order valence-corrected chi connectivity index (χ3v) is 7.80. The molecule has 1 aliphatic heterocycles. The number of aromatic nitrogens is 1. The summed E-state index contributed by atoms with van der Waals surface area (Å²) in [5.41, 5.74) is 5.33. The van der Waals surface area contributed by atoms with Crippen molar-refractivity contribution in [2.75, 3.05) is 19.1 Å². The van der Waals surface area contributed by atoms with Crippen LogP contribution in [0.15, 0.2) is 115 Å². The molecule has 1 aliphatic rings. The van der Waals surface area contributed by atoms with Crippen LogP contribution in [0.5, 0.6) is 11.5 Å². The summed E-state index contributed by atoms with van der Waals surface area (Å²) in [5.74, 6) is -0.268. The molecule has 4 aromatic carbocycles. The first-order valence-corrected chi connectivity index (χ1v) is 14.4. The van der Waals surface area contributed by atoms with E-state index in [-0.39, 0.29) is 10.7 Å². The van der Waals surface area contributed by atoms with Crippen LogP contribution in [-0.2, 0) is 9.59 Å². The van der Waals surface area contributed by atoms with E-state index in [1.165, 1.54) is 19.1 Å². The van der Waals surface area contributed by atoms with E-state index in [4.69, 9.17) is 33.3 Å². The number of ether oxygens (including phenoxy) is 2. The molecule has 44 heavy (non-hydrogen) atoms. The van der Waals surface area contributed by atoms with E-state index in [1.54, 1.807) is 24.3 Å². The number of methoxy groups -OCH3 is 2. The average Bonchev–Trinajstić information content (AvgIpc) is 3.43. The molecule has 0 aliphatic carbocycles. The number of anilines is 1. The Morgan fingerprint density at radius 1 is 0.795 bits per heavy atom. The van der Waals surface area contributed by atoms with Crippen LogP contribution in [0.25, 0.3) is 34.3 Å². The quantitative estimate of drug-likeness (QED) is 0.117. The van der Waals surface area contributed by atoms with Gasteiger partial charge in [0.25, 0.3) is 11.8 Å². The summed E-state index contributed by atoms with van der Waals surface area (Å²) in [6.45, 7) is 0. The lowest BCUT2D eigenvalue weighted by atomic mass is 10.0. The smallest absolute Gasteiger partial charge is 0.270 e. The summed E-state index contributed by atoms with van der Waals surface area (Å²) < 4.78 is 13.0. The predicted octanol–water partition coefficient (Wildman–Crippen LogP) is 7.31. The summed E-state index contributed by atoms with van der Waals surface area (Å²) in [7, 11) is 3.03. The lowest BCUT2D eigenvalue weighted by Gasteiger charge is -2.30. The van der Waals surface area contributed by atoms with Gasteiger partial charge < -0.3 is 14.0 Å². The molecule has 2 heterocycles. The first-order chi connectivity index (χ1) is 21.4. The van der Waals surface area contributed by atoms with Crippen molar-refractivity contribution in [1.29, 1.82) is 0 Å². The molecule has 218 valence electrons. The molecule has 7 nitrogen and oxygen atoms in total. The number of halogens is 1. The van der Waals surface area contributed by atoms with Crippen molar-refractivity contribution < 1.29 is 19.1 Å². The van der Waals surface area contributed by atoms with E-state index >= 15 is 0 Å². The first-order valence-electron chi connectivity index (χ1n) is 13.7. The molecule has 0 atom stereocenters. The Morgan fingerprint density at radius 3 is 2.09 bits per heavy atom. The van der Waals surface area contributed by atoms with Gasteiger partial charge in [-0.2, -0.15) is 0 Å². The second-order valence-corrected chi connectivity index (χ2v) is 10.7. The van der Waals surface area contributed by atoms with Gasteiger partial charge >= 0.3 is 0 Å². The molecule has 1 N–H and O–H groups in total. The Hall–Kier alpha value is -5.18. The normalized spacial score (nSPS) is 14.1. The van der Waals surface area contributed by atoms with E-state index in [1.807, 2.05) is 91.0 Å². The predicted molar refractivity (Wildman–Crippen MR) is 177 cm³/mol. The molecule has 5 aromatic rings.